The van der Waals surface area contributed by atoms with E-state index in [9.17, 15) is 14.0 Å². The molecule has 6 nitrogen and oxygen atoms in total. The molecule has 2 aromatic carbocycles. The zero-order chi connectivity index (χ0) is 21.8. The molecule has 2 N–H and O–H groups in total. The number of carbonyl (C=O) groups excluding carboxylic acids is 2. The summed E-state index contributed by atoms with van der Waals surface area (Å²) >= 11 is -0.770. The molecule has 4 rings (SSSR count). The van der Waals surface area contributed by atoms with Gasteiger partial charge in [0.1, 0.15) is 0 Å². The van der Waals surface area contributed by atoms with Crippen molar-refractivity contribution in [1.82, 2.24) is 10.3 Å². The van der Waals surface area contributed by atoms with Gasteiger partial charge >= 0.3 is 179 Å². The number of hydrogen-bond donors (Lipinski definition) is 2. The number of aromatic nitrogens is 1. The number of pyridine rings is 1. The van der Waals surface area contributed by atoms with E-state index < -0.39 is 21.6 Å². The third-order valence-electron chi connectivity index (χ3n) is 4.92. The fourth-order valence-electron chi connectivity index (χ4n) is 3.41. The van der Waals surface area contributed by atoms with Crippen molar-refractivity contribution in [2.24, 2.45) is 0 Å². The van der Waals surface area contributed by atoms with E-state index in [1.807, 2.05) is 6.07 Å². The molecule has 157 valence electrons. The molecule has 0 atom stereocenters. The quantitative estimate of drug-likeness (QED) is 0.530. The van der Waals surface area contributed by atoms with Crippen LogP contribution in [0.4, 0.5) is 14.9 Å². The Morgan fingerprint density at radius 1 is 1.03 bits per heavy atom. The number of amides is 2. The molecular weight excluding hydrogens is 460 g/mol. The molecule has 0 unspecified atom stereocenters. The second kappa shape index (κ2) is 9.31. The number of halogens is 1. The predicted octanol–water partition coefficient (Wildman–Crippen LogP) is 3.42. The zero-order valence-electron chi connectivity index (χ0n) is 16.8. The van der Waals surface area contributed by atoms with Gasteiger partial charge in [-0.05, 0) is 0 Å². The Labute approximate surface area is 185 Å². The first-order chi connectivity index (χ1) is 15.0. The standard InChI is InChI=1S/C23H20AsFN3O3/c1-26-22(29)21-13-18(9-10-27-21)31-17-7-8-20(19(25)12-17)28-23(30)24-16-6-5-14-3-2-4-15(14)11-16/h5-13H,2-4H2,1H3,(H,26,29)(H,28,30). The minimum atomic E-state index is -0.770. The van der Waals surface area contributed by atoms with Crippen LogP contribution in [0.3, 0.4) is 0 Å². The molecule has 1 aliphatic rings. The molecule has 1 aromatic heterocycles. The molecule has 0 saturated heterocycles. The van der Waals surface area contributed by atoms with E-state index in [4.69, 9.17) is 4.74 Å². The van der Waals surface area contributed by atoms with Gasteiger partial charge in [-0.3, -0.25) is 0 Å². The second-order valence-electron chi connectivity index (χ2n) is 7.05. The number of benzene rings is 2. The van der Waals surface area contributed by atoms with E-state index in [0.717, 1.165) is 23.6 Å². The number of ether oxygens (including phenoxy) is 1. The number of fused-ring (bicyclic) bond motifs is 1. The Kier molecular flexibility index (Phi) is 6.33. The predicted molar refractivity (Wildman–Crippen MR) is 117 cm³/mol. The van der Waals surface area contributed by atoms with Gasteiger partial charge in [0, 0.05) is 7.05 Å². The summed E-state index contributed by atoms with van der Waals surface area (Å²) in [6.07, 6.45) is 4.76. The van der Waals surface area contributed by atoms with Crippen molar-refractivity contribution in [3.05, 3.63) is 77.4 Å². The van der Waals surface area contributed by atoms with Crippen molar-refractivity contribution in [3.63, 3.8) is 0 Å². The molecule has 1 aliphatic carbocycles. The molecule has 2 amide bonds. The van der Waals surface area contributed by atoms with Crippen LogP contribution in [0, 0.1) is 5.82 Å². The first-order valence-corrected chi connectivity index (χ1v) is 11.7. The number of hydrogen-bond acceptors (Lipinski definition) is 4. The molecule has 0 aliphatic heterocycles. The number of nitrogens with zero attached hydrogens (tertiary/aromatic N) is 1. The topological polar surface area (TPSA) is 80.3 Å². The van der Waals surface area contributed by atoms with Gasteiger partial charge in [0.05, 0.1) is 0 Å². The van der Waals surface area contributed by atoms with E-state index in [1.54, 1.807) is 12.1 Å². The van der Waals surface area contributed by atoms with Crippen molar-refractivity contribution >= 4 is 36.4 Å². The van der Waals surface area contributed by atoms with Crippen LogP contribution >= 0.6 is 0 Å². The first kappa shape index (κ1) is 21.1. The third kappa shape index (κ3) is 5.12. The fraction of sp³-hybridized carbons (Fsp3) is 0.174. The molecule has 0 fully saturated rings. The van der Waals surface area contributed by atoms with Gasteiger partial charge in [-0.15, -0.1) is 0 Å². The van der Waals surface area contributed by atoms with Crippen LogP contribution in [-0.2, 0) is 12.8 Å². The molecule has 0 bridgehead atoms. The second-order valence-corrected chi connectivity index (χ2v) is 9.45. The summed E-state index contributed by atoms with van der Waals surface area (Å²) in [5, 5.41) is 5.14. The van der Waals surface area contributed by atoms with Crippen LogP contribution in [0.1, 0.15) is 28.0 Å². The summed E-state index contributed by atoms with van der Waals surface area (Å²) in [5.41, 5.74) is 2.99. The van der Waals surface area contributed by atoms with Crippen molar-refractivity contribution in [2.75, 3.05) is 12.4 Å². The van der Waals surface area contributed by atoms with E-state index >= 15 is 0 Å². The maximum absolute atomic E-state index is 14.5. The van der Waals surface area contributed by atoms with Gasteiger partial charge in [-0.2, -0.15) is 0 Å². The number of carbonyl (C=O) groups is 2. The van der Waals surface area contributed by atoms with Crippen LogP contribution < -0.4 is 19.7 Å². The third-order valence-corrected chi connectivity index (χ3v) is 6.71. The number of anilines is 1. The Hall–Kier alpha value is -3.18. The normalized spacial score (nSPS) is 12.6. The number of nitrogens with one attached hydrogen (secondary N) is 2. The fourth-order valence-corrected chi connectivity index (χ4v) is 5.05. The van der Waals surface area contributed by atoms with Gasteiger partial charge in [0.25, 0.3) is 0 Å². The summed E-state index contributed by atoms with van der Waals surface area (Å²) < 4.78 is 21.0. The Bertz CT molecular complexity index is 1150. The van der Waals surface area contributed by atoms with Gasteiger partial charge in [-0.1, -0.05) is 0 Å². The van der Waals surface area contributed by atoms with Crippen LogP contribution in [-0.4, -0.2) is 38.4 Å². The summed E-state index contributed by atoms with van der Waals surface area (Å²) in [6.45, 7) is 0. The van der Waals surface area contributed by atoms with Crippen molar-refractivity contribution in [3.8, 4) is 11.5 Å². The van der Waals surface area contributed by atoms with Gasteiger partial charge in [0.15, 0.2) is 0 Å². The van der Waals surface area contributed by atoms with Crippen LogP contribution in [0.15, 0.2) is 54.7 Å². The Morgan fingerprint density at radius 2 is 1.84 bits per heavy atom. The molecule has 0 spiro atoms. The summed E-state index contributed by atoms with van der Waals surface area (Å²) in [7, 11) is 1.51. The maximum atomic E-state index is 14.5. The first-order valence-electron chi connectivity index (χ1n) is 9.82. The van der Waals surface area contributed by atoms with E-state index in [1.165, 1.54) is 42.6 Å². The molecule has 0 saturated carbocycles. The number of rotatable bonds is 6. The summed E-state index contributed by atoms with van der Waals surface area (Å²) in [4.78, 5) is 28.1. The van der Waals surface area contributed by atoms with Gasteiger partial charge < -0.3 is 0 Å². The molecular formula is C23H20AsFN3O3. The average Bonchev–Trinajstić information content (AvgIpc) is 3.23. The van der Waals surface area contributed by atoms with Crippen molar-refractivity contribution in [2.45, 2.75) is 19.3 Å². The van der Waals surface area contributed by atoms with Crippen LogP contribution in [0.25, 0.3) is 0 Å². The van der Waals surface area contributed by atoms with E-state index in [-0.39, 0.29) is 27.7 Å². The molecule has 8 heteroatoms. The SMILES string of the molecule is CNC(=O)c1cc(Oc2ccc(NC(=O)[As]c3ccc4c(c3)CCC4)c(F)c2)ccn1. The van der Waals surface area contributed by atoms with Crippen molar-refractivity contribution < 1.29 is 18.7 Å². The molecule has 1 heterocycles. The molecule has 3 aromatic rings. The van der Waals surface area contributed by atoms with Crippen LogP contribution in [0.2, 0.25) is 0 Å². The average molecular weight is 480 g/mol. The minimum absolute atomic E-state index is 0.106. The molecule has 1 radical (unpaired) electrons. The molecule has 31 heavy (non-hydrogen) atoms. The van der Waals surface area contributed by atoms with Crippen LogP contribution in [0.5, 0.6) is 11.5 Å². The van der Waals surface area contributed by atoms with Crippen molar-refractivity contribution in [1.29, 1.82) is 0 Å². The Balaban J connectivity index is 1.40. The van der Waals surface area contributed by atoms with E-state index in [0.29, 0.717) is 5.75 Å². The summed E-state index contributed by atoms with van der Waals surface area (Å²) in [6, 6.07) is 13.5. The van der Waals surface area contributed by atoms with Gasteiger partial charge in [0.2, 0.25) is 0 Å². The van der Waals surface area contributed by atoms with E-state index in [2.05, 4.69) is 27.8 Å². The van der Waals surface area contributed by atoms with Gasteiger partial charge in [-0.25, -0.2) is 0 Å². The number of aryl methyl sites for hydroxylation is 2. The monoisotopic (exact) mass is 480 g/mol. The Morgan fingerprint density at radius 3 is 2.65 bits per heavy atom. The summed E-state index contributed by atoms with van der Waals surface area (Å²) in [5.74, 6) is -0.342. The zero-order valence-corrected chi connectivity index (χ0v) is 18.7.